The van der Waals surface area contributed by atoms with E-state index in [1.807, 2.05) is 24.3 Å². The lowest BCUT2D eigenvalue weighted by atomic mass is 9.93. The summed E-state index contributed by atoms with van der Waals surface area (Å²) < 4.78 is 6.54. The van der Waals surface area contributed by atoms with Crippen molar-refractivity contribution in [1.29, 1.82) is 0 Å². The summed E-state index contributed by atoms with van der Waals surface area (Å²) in [7, 11) is 0. The van der Waals surface area contributed by atoms with E-state index < -0.39 is 5.97 Å². The number of thiazole rings is 1. The number of hydrogen-bond donors (Lipinski definition) is 1. The van der Waals surface area contributed by atoms with Gasteiger partial charge in [0.25, 0.3) is 0 Å². The standard InChI is InChI=1S/C20H17NO3S2/c22-18(23)11-24-16-8-4-7-15-14(16)9-10-17-19(15)21-20(26-17)25-12-13-5-2-1-3-6-13/h1-8H,9-12H2,(H,22,23). The lowest BCUT2D eigenvalue weighted by Gasteiger charge is -2.18. The van der Waals surface area contributed by atoms with E-state index >= 15 is 0 Å². The number of benzene rings is 2. The maximum atomic E-state index is 10.8. The van der Waals surface area contributed by atoms with Crippen LogP contribution in [-0.2, 0) is 23.4 Å². The van der Waals surface area contributed by atoms with Crippen molar-refractivity contribution in [3.8, 4) is 17.0 Å². The van der Waals surface area contributed by atoms with Gasteiger partial charge in [-0.05, 0) is 24.5 Å². The minimum Gasteiger partial charge on any atom is -0.482 e. The second-order valence-electron chi connectivity index (χ2n) is 5.99. The van der Waals surface area contributed by atoms with E-state index in [9.17, 15) is 4.79 Å². The first kappa shape index (κ1) is 17.1. The average Bonchev–Trinajstić information content (AvgIpc) is 3.09. The number of carbonyl (C=O) groups is 1. The average molecular weight is 383 g/mol. The Hall–Kier alpha value is -2.31. The molecule has 4 rings (SSSR count). The molecule has 0 bridgehead atoms. The summed E-state index contributed by atoms with van der Waals surface area (Å²) in [5.41, 5.74) is 4.44. The molecule has 3 aromatic rings. The normalized spacial score (nSPS) is 12.3. The van der Waals surface area contributed by atoms with Crippen LogP contribution in [0.1, 0.15) is 16.0 Å². The Labute approximate surface area is 159 Å². The number of rotatable bonds is 6. The number of aliphatic carboxylic acids is 1. The molecule has 132 valence electrons. The Morgan fingerprint density at radius 1 is 1.15 bits per heavy atom. The van der Waals surface area contributed by atoms with Crippen molar-refractivity contribution in [3.63, 3.8) is 0 Å². The van der Waals surface area contributed by atoms with Crippen LogP contribution in [0.2, 0.25) is 0 Å². The summed E-state index contributed by atoms with van der Waals surface area (Å²) >= 11 is 3.52. The molecular weight excluding hydrogens is 366 g/mol. The van der Waals surface area contributed by atoms with Crippen LogP contribution in [0.25, 0.3) is 11.3 Å². The van der Waals surface area contributed by atoms with Crippen LogP contribution < -0.4 is 4.74 Å². The molecule has 1 aromatic heterocycles. The van der Waals surface area contributed by atoms with E-state index in [-0.39, 0.29) is 6.61 Å². The fourth-order valence-electron chi connectivity index (χ4n) is 3.05. The predicted octanol–water partition coefficient (Wildman–Crippen LogP) is 4.66. The Morgan fingerprint density at radius 3 is 2.81 bits per heavy atom. The van der Waals surface area contributed by atoms with Crippen molar-refractivity contribution < 1.29 is 14.6 Å². The van der Waals surface area contributed by atoms with Crippen LogP contribution in [0.5, 0.6) is 5.75 Å². The van der Waals surface area contributed by atoms with E-state index in [1.165, 1.54) is 10.4 Å². The second kappa shape index (κ2) is 7.51. The van der Waals surface area contributed by atoms with Crippen LogP contribution in [0.3, 0.4) is 0 Å². The first-order valence-electron chi connectivity index (χ1n) is 8.34. The van der Waals surface area contributed by atoms with E-state index in [0.29, 0.717) is 5.75 Å². The highest BCUT2D eigenvalue weighted by molar-refractivity contribution is 8.00. The molecular formula is C20H17NO3S2. The Kier molecular flexibility index (Phi) is 4.95. The zero-order valence-corrected chi connectivity index (χ0v) is 15.6. The van der Waals surface area contributed by atoms with Crippen LogP contribution in [-0.4, -0.2) is 22.7 Å². The SMILES string of the molecule is O=C(O)COc1cccc2c1CCc1sc(SCc3ccccc3)nc1-2. The van der Waals surface area contributed by atoms with Gasteiger partial charge in [-0.15, -0.1) is 11.3 Å². The first-order chi connectivity index (χ1) is 12.7. The van der Waals surface area contributed by atoms with Gasteiger partial charge in [0, 0.05) is 21.8 Å². The van der Waals surface area contributed by atoms with Crippen molar-refractivity contribution in [1.82, 2.24) is 4.98 Å². The third-order valence-electron chi connectivity index (χ3n) is 4.22. The van der Waals surface area contributed by atoms with Gasteiger partial charge in [-0.25, -0.2) is 9.78 Å². The topological polar surface area (TPSA) is 59.4 Å². The summed E-state index contributed by atoms with van der Waals surface area (Å²) in [6, 6.07) is 16.2. The number of carboxylic acids is 1. The number of aromatic nitrogens is 1. The van der Waals surface area contributed by atoms with E-state index in [4.69, 9.17) is 14.8 Å². The third-order valence-corrected chi connectivity index (χ3v) is 6.55. The number of ether oxygens (including phenoxy) is 1. The zero-order chi connectivity index (χ0) is 17.9. The third kappa shape index (κ3) is 3.61. The fraction of sp³-hybridized carbons (Fsp3) is 0.200. The maximum Gasteiger partial charge on any atom is 0.341 e. The molecule has 26 heavy (non-hydrogen) atoms. The zero-order valence-electron chi connectivity index (χ0n) is 14.0. The monoisotopic (exact) mass is 383 g/mol. The van der Waals surface area contributed by atoms with Crippen molar-refractivity contribution in [2.75, 3.05) is 6.61 Å². The van der Waals surface area contributed by atoms with Gasteiger partial charge >= 0.3 is 5.97 Å². The molecule has 0 amide bonds. The van der Waals surface area contributed by atoms with Crippen LogP contribution >= 0.6 is 23.1 Å². The van der Waals surface area contributed by atoms with Gasteiger partial charge < -0.3 is 9.84 Å². The molecule has 0 saturated carbocycles. The van der Waals surface area contributed by atoms with E-state index in [1.54, 1.807) is 23.1 Å². The number of fused-ring (bicyclic) bond motifs is 3. The first-order valence-corrected chi connectivity index (χ1v) is 10.1. The van der Waals surface area contributed by atoms with Gasteiger partial charge in [-0.1, -0.05) is 54.2 Å². The van der Waals surface area contributed by atoms with Crippen LogP contribution in [0.4, 0.5) is 0 Å². The number of carboxylic acid groups (broad SMARTS) is 1. The summed E-state index contributed by atoms with van der Waals surface area (Å²) in [5.74, 6) is 0.594. The minimum absolute atomic E-state index is 0.321. The summed E-state index contributed by atoms with van der Waals surface area (Å²) in [5, 5.41) is 8.85. The van der Waals surface area contributed by atoms with Crippen molar-refractivity contribution in [2.45, 2.75) is 22.9 Å². The minimum atomic E-state index is -0.965. The van der Waals surface area contributed by atoms with Gasteiger partial charge in [0.1, 0.15) is 5.75 Å². The lowest BCUT2D eigenvalue weighted by Crippen LogP contribution is -2.12. The number of hydrogen-bond acceptors (Lipinski definition) is 5. The molecule has 0 radical (unpaired) electrons. The highest BCUT2D eigenvalue weighted by atomic mass is 32.2. The van der Waals surface area contributed by atoms with E-state index in [2.05, 4.69) is 24.3 Å². The molecule has 0 fully saturated rings. The molecule has 2 aromatic carbocycles. The number of aryl methyl sites for hydroxylation is 1. The summed E-state index contributed by atoms with van der Waals surface area (Å²) in [6.07, 6.45) is 1.77. The van der Waals surface area contributed by atoms with Gasteiger partial charge in [0.15, 0.2) is 10.9 Å². The van der Waals surface area contributed by atoms with Crippen molar-refractivity contribution in [2.24, 2.45) is 0 Å². The summed E-state index contributed by atoms with van der Waals surface area (Å²) in [4.78, 5) is 16.9. The fourth-order valence-corrected chi connectivity index (χ4v) is 5.21. The van der Waals surface area contributed by atoms with Crippen LogP contribution in [0, 0.1) is 0 Å². The summed E-state index contributed by atoms with van der Waals surface area (Å²) in [6.45, 7) is -0.321. The molecule has 0 atom stereocenters. The molecule has 1 aliphatic carbocycles. The van der Waals surface area contributed by atoms with Crippen molar-refractivity contribution >= 4 is 29.1 Å². The molecule has 1 aliphatic rings. The van der Waals surface area contributed by atoms with Crippen LogP contribution in [0.15, 0.2) is 52.9 Å². The van der Waals surface area contributed by atoms with E-state index in [0.717, 1.165) is 39.8 Å². The smallest absolute Gasteiger partial charge is 0.341 e. The molecule has 0 saturated heterocycles. The second-order valence-corrected chi connectivity index (χ2v) is 8.30. The lowest BCUT2D eigenvalue weighted by molar-refractivity contribution is -0.139. The van der Waals surface area contributed by atoms with Gasteiger partial charge in [0.2, 0.25) is 0 Å². The molecule has 0 unspecified atom stereocenters. The molecule has 1 heterocycles. The Bertz CT molecular complexity index is 937. The van der Waals surface area contributed by atoms with Gasteiger partial charge in [-0.2, -0.15) is 0 Å². The number of thioether (sulfide) groups is 1. The largest absolute Gasteiger partial charge is 0.482 e. The highest BCUT2D eigenvalue weighted by Crippen LogP contribution is 2.42. The number of nitrogens with zero attached hydrogens (tertiary/aromatic N) is 1. The van der Waals surface area contributed by atoms with Gasteiger partial charge in [0.05, 0.1) is 5.69 Å². The van der Waals surface area contributed by atoms with Gasteiger partial charge in [-0.3, -0.25) is 0 Å². The maximum absolute atomic E-state index is 10.8. The molecule has 0 spiro atoms. The molecule has 0 aliphatic heterocycles. The quantitative estimate of drug-likeness (QED) is 0.627. The van der Waals surface area contributed by atoms with Crippen molar-refractivity contribution in [3.05, 3.63) is 64.5 Å². The predicted molar refractivity (Wildman–Crippen MR) is 104 cm³/mol. The highest BCUT2D eigenvalue weighted by Gasteiger charge is 2.23. The molecule has 1 N–H and O–H groups in total. The molecule has 6 heteroatoms. The Balaban J connectivity index is 1.57. The molecule has 4 nitrogen and oxygen atoms in total. The Morgan fingerprint density at radius 2 is 2.00 bits per heavy atom.